The van der Waals surface area contributed by atoms with Gasteiger partial charge in [-0.2, -0.15) is 0 Å². The Morgan fingerprint density at radius 2 is 1.59 bits per heavy atom. The summed E-state index contributed by atoms with van der Waals surface area (Å²) in [6.45, 7) is 8.31. The highest BCUT2D eigenvalue weighted by Gasteiger charge is 2.35. The number of sulfonamides is 1. The number of nitrogens with one attached hydrogen (secondary N) is 1. The van der Waals surface area contributed by atoms with E-state index in [4.69, 9.17) is 23.2 Å². The van der Waals surface area contributed by atoms with E-state index in [-0.39, 0.29) is 33.6 Å². The second kappa shape index (κ2) is 13.2. The van der Waals surface area contributed by atoms with Crippen molar-refractivity contribution in [2.24, 2.45) is 0 Å². The maximum absolute atomic E-state index is 14.1. The van der Waals surface area contributed by atoms with Gasteiger partial charge in [0.2, 0.25) is 11.8 Å². The van der Waals surface area contributed by atoms with E-state index in [9.17, 15) is 22.4 Å². The highest BCUT2D eigenvalue weighted by Crippen LogP contribution is 2.35. The van der Waals surface area contributed by atoms with E-state index < -0.39 is 45.8 Å². The van der Waals surface area contributed by atoms with Crippen LogP contribution in [0.15, 0.2) is 71.6 Å². The number of aryl methyl sites for hydroxylation is 1. The first kappa shape index (κ1) is 32.4. The number of carbonyl (C=O) groups excluding carboxylic acids is 2. The van der Waals surface area contributed by atoms with Gasteiger partial charge >= 0.3 is 0 Å². The molecule has 0 fully saturated rings. The number of amides is 2. The van der Waals surface area contributed by atoms with Crippen LogP contribution in [0.1, 0.15) is 45.2 Å². The quantitative estimate of drug-likeness (QED) is 0.285. The Kier molecular flexibility index (Phi) is 10.4. The summed E-state index contributed by atoms with van der Waals surface area (Å²) in [6, 6.07) is 15.3. The average Bonchev–Trinajstić information content (AvgIpc) is 2.89. The van der Waals surface area contributed by atoms with Gasteiger partial charge in [-0.05, 0) is 76.1 Å². The predicted molar refractivity (Wildman–Crippen MR) is 161 cm³/mol. The molecule has 0 aromatic heterocycles. The molecular weight excluding hydrogens is 588 g/mol. The molecular formula is C30H34Cl2FN3O4S. The third kappa shape index (κ3) is 8.21. The van der Waals surface area contributed by atoms with Gasteiger partial charge in [0.25, 0.3) is 10.0 Å². The van der Waals surface area contributed by atoms with Crippen LogP contribution in [0.4, 0.5) is 10.1 Å². The van der Waals surface area contributed by atoms with Crippen molar-refractivity contribution in [1.29, 1.82) is 0 Å². The first-order valence-corrected chi connectivity index (χ1v) is 15.2. The fourth-order valence-electron chi connectivity index (χ4n) is 4.19. The zero-order valence-corrected chi connectivity index (χ0v) is 25.9. The molecule has 0 aliphatic heterocycles. The van der Waals surface area contributed by atoms with E-state index in [2.05, 4.69) is 5.32 Å². The summed E-state index contributed by atoms with van der Waals surface area (Å²) in [4.78, 5) is 28.7. The summed E-state index contributed by atoms with van der Waals surface area (Å²) in [7, 11) is -4.31. The lowest BCUT2D eigenvalue weighted by Gasteiger charge is -2.35. The van der Waals surface area contributed by atoms with Crippen molar-refractivity contribution in [2.75, 3.05) is 10.8 Å². The molecule has 0 saturated carbocycles. The Labute approximate surface area is 251 Å². The molecule has 2 amide bonds. The zero-order chi connectivity index (χ0) is 30.5. The van der Waals surface area contributed by atoms with Crippen molar-refractivity contribution in [1.82, 2.24) is 10.2 Å². The van der Waals surface area contributed by atoms with Crippen LogP contribution in [0, 0.1) is 12.7 Å². The van der Waals surface area contributed by atoms with Gasteiger partial charge in [0.05, 0.1) is 20.6 Å². The number of halogens is 3. The van der Waals surface area contributed by atoms with E-state index in [1.807, 2.05) is 27.7 Å². The lowest BCUT2D eigenvalue weighted by molar-refractivity contribution is -0.141. The lowest BCUT2D eigenvalue weighted by Crippen LogP contribution is -2.55. The van der Waals surface area contributed by atoms with Crippen LogP contribution < -0.4 is 9.62 Å². The molecule has 0 saturated heterocycles. The number of hydrogen-bond acceptors (Lipinski definition) is 4. The average molecular weight is 623 g/mol. The van der Waals surface area contributed by atoms with Gasteiger partial charge in [0, 0.05) is 12.1 Å². The van der Waals surface area contributed by atoms with Gasteiger partial charge in [0.1, 0.15) is 18.4 Å². The normalized spacial score (nSPS) is 12.5. The number of benzene rings is 3. The van der Waals surface area contributed by atoms with E-state index in [0.29, 0.717) is 5.56 Å². The van der Waals surface area contributed by atoms with Crippen LogP contribution in [-0.2, 0) is 26.2 Å². The highest BCUT2D eigenvalue weighted by atomic mass is 35.5. The van der Waals surface area contributed by atoms with E-state index in [1.165, 1.54) is 59.5 Å². The minimum absolute atomic E-state index is 0.0158. The number of hydrogen-bond donors (Lipinski definition) is 1. The summed E-state index contributed by atoms with van der Waals surface area (Å²) in [5.74, 6) is -1.50. The fraction of sp³-hybridized carbons (Fsp3) is 0.333. The summed E-state index contributed by atoms with van der Waals surface area (Å²) in [6.07, 6.45) is 0.248. The molecule has 0 unspecified atom stereocenters. The molecule has 1 N–H and O–H groups in total. The summed E-state index contributed by atoms with van der Waals surface area (Å²) < 4.78 is 42.4. The number of carbonyl (C=O) groups is 2. The largest absolute Gasteiger partial charge is 0.350 e. The molecule has 41 heavy (non-hydrogen) atoms. The number of nitrogens with zero attached hydrogens (tertiary/aromatic N) is 2. The second-order valence-corrected chi connectivity index (χ2v) is 13.4. The van der Waals surface area contributed by atoms with Crippen LogP contribution in [0.5, 0.6) is 0 Å². The molecule has 0 aliphatic rings. The van der Waals surface area contributed by atoms with Crippen LogP contribution in [0.2, 0.25) is 10.0 Å². The third-order valence-electron chi connectivity index (χ3n) is 6.24. The molecule has 1 atom stereocenters. The molecule has 0 heterocycles. The van der Waals surface area contributed by atoms with Crippen LogP contribution in [0.25, 0.3) is 0 Å². The van der Waals surface area contributed by atoms with E-state index >= 15 is 0 Å². The summed E-state index contributed by atoms with van der Waals surface area (Å²) >= 11 is 12.7. The second-order valence-electron chi connectivity index (χ2n) is 10.7. The minimum atomic E-state index is -4.31. The Hall–Kier alpha value is -3.14. The monoisotopic (exact) mass is 621 g/mol. The standard InChI is InChI=1S/C30H34Cl2FN3O4S/c1-6-25(29(38)34-30(3,4)5)35(18-21-12-14-22(33)15-13-21)27(37)19-36(26-9-7-8-24(31)28(26)32)41(39,40)23-16-10-20(2)11-17-23/h7-17,25H,6,18-19H2,1-5H3,(H,34,38)/t25-/m0/s1. The van der Waals surface area contributed by atoms with Gasteiger partial charge in [-0.1, -0.05) is 66.0 Å². The van der Waals surface area contributed by atoms with Gasteiger partial charge in [0.15, 0.2) is 0 Å². The molecule has 11 heteroatoms. The summed E-state index contributed by atoms with van der Waals surface area (Å²) in [5.41, 5.74) is 0.857. The first-order valence-electron chi connectivity index (χ1n) is 13.0. The molecule has 3 rings (SSSR count). The maximum Gasteiger partial charge on any atom is 0.264 e. The van der Waals surface area contributed by atoms with Crippen LogP contribution in [0.3, 0.4) is 0 Å². The molecule has 3 aromatic rings. The van der Waals surface area contributed by atoms with Crippen molar-refractivity contribution < 1.29 is 22.4 Å². The van der Waals surface area contributed by atoms with E-state index in [1.54, 1.807) is 19.1 Å². The van der Waals surface area contributed by atoms with Gasteiger partial charge in [-0.3, -0.25) is 13.9 Å². The van der Waals surface area contributed by atoms with Crippen LogP contribution in [-0.4, -0.2) is 43.3 Å². The first-order chi connectivity index (χ1) is 19.1. The molecule has 0 spiro atoms. The van der Waals surface area contributed by atoms with Gasteiger partial charge in [-0.25, -0.2) is 12.8 Å². The van der Waals surface area contributed by atoms with Crippen LogP contribution >= 0.6 is 23.2 Å². The molecule has 0 aliphatic carbocycles. The van der Waals surface area contributed by atoms with E-state index in [0.717, 1.165) is 9.87 Å². The molecule has 220 valence electrons. The molecule has 0 bridgehead atoms. The number of rotatable bonds is 10. The Balaban J connectivity index is 2.11. The van der Waals surface area contributed by atoms with Gasteiger partial charge in [-0.15, -0.1) is 0 Å². The molecule has 3 aromatic carbocycles. The molecule has 0 radical (unpaired) electrons. The SMILES string of the molecule is CC[C@@H](C(=O)NC(C)(C)C)N(Cc1ccc(F)cc1)C(=O)CN(c1cccc(Cl)c1Cl)S(=O)(=O)c1ccc(C)cc1. The Morgan fingerprint density at radius 1 is 0.976 bits per heavy atom. The third-order valence-corrected chi connectivity index (χ3v) is 8.82. The zero-order valence-electron chi connectivity index (χ0n) is 23.6. The topological polar surface area (TPSA) is 86.8 Å². The highest BCUT2D eigenvalue weighted by molar-refractivity contribution is 7.92. The minimum Gasteiger partial charge on any atom is -0.350 e. The summed E-state index contributed by atoms with van der Waals surface area (Å²) in [5, 5.41) is 2.97. The van der Waals surface area contributed by atoms with Crippen molar-refractivity contribution in [3.05, 3.63) is 93.7 Å². The fourth-order valence-corrected chi connectivity index (χ4v) is 6.07. The molecule has 7 nitrogen and oxygen atoms in total. The predicted octanol–water partition coefficient (Wildman–Crippen LogP) is 6.36. The van der Waals surface area contributed by atoms with Crippen molar-refractivity contribution in [3.63, 3.8) is 0 Å². The van der Waals surface area contributed by atoms with Gasteiger partial charge < -0.3 is 10.2 Å². The number of anilines is 1. The maximum atomic E-state index is 14.1. The lowest BCUT2D eigenvalue weighted by atomic mass is 10.1. The smallest absolute Gasteiger partial charge is 0.264 e. The Morgan fingerprint density at radius 3 is 2.15 bits per heavy atom. The Bertz CT molecular complexity index is 1490. The van der Waals surface area contributed by atoms with Crippen molar-refractivity contribution in [2.45, 2.75) is 64.1 Å². The van der Waals surface area contributed by atoms with Crippen molar-refractivity contribution in [3.8, 4) is 0 Å². The van der Waals surface area contributed by atoms with Crippen molar-refractivity contribution >= 4 is 50.7 Å².